The number of allylic oxidation sites excluding steroid dienone is 3. The first-order valence-corrected chi connectivity index (χ1v) is 9.82. The molecule has 0 bridgehead atoms. The molecule has 1 aromatic carbocycles. The molecule has 0 aliphatic carbocycles. The fourth-order valence-corrected chi connectivity index (χ4v) is 3.26. The average Bonchev–Trinajstić information content (AvgIpc) is 2.98. The smallest absolute Gasteiger partial charge is 0.335 e. The number of benzene rings is 1. The first-order valence-electron chi connectivity index (χ1n) is 9.82. The highest BCUT2D eigenvalue weighted by Gasteiger charge is 2.28. The van der Waals surface area contributed by atoms with Gasteiger partial charge in [0.05, 0.1) is 11.6 Å². The summed E-state index contributed by atoms with van der Waals surface area (Å²) >= 11 is 0. The molecule has 2 rings (SSSR count). The average molecular weight is 370 g/mol. The van der Waals surface area contributed by atoms with Gasteiger partial charge in [0.1, 0.15) is 0 Å². The number of rotatable bonds is 9. The van der Waals surface area contributed by atoms with Crippen molar-refractivity contribution in [1.82, 2.24) is 4.90 Å². The molecule has 1 aliphatic heterocycles. The van der Waals surface area contributed by atoms with Crippen molar-refractivity contribution in [1.29, 1.82) is 0 Å². The molecule has 1 atom stereocenters. The molecule has 1 aliphatic rings. The van der Waals surface area contributed by atoms with Gasteiger partial charge in [0.2, 0.25) is 5.91 Å². The van der Waals surface area contributed by atoms with Crippen LogP contribution in [0.1, 0.15) is 62.4 Å². The van der Waals surface area contributed by atoms with E-state index in [0.717, 1.165) is 24.8 Å². The van der Waals surface area contributed by atoms with Crippen LogP contribution in [-0.2, 0) is 11.2 Å². The summed E-state index contributed by atoms with van der Waals surface area (Å²) in [5.41, 5.74) is 2.71. The van der Waals surface area contributed by atoms with Gasteiger partial charge in [-0.15, -0.1) is 0 Å². The summed E-state index contributed by atoms with van der Waals surface area (Å²) in [6.07, 6.45) is 10.9. The lowest BCUT2D eigenvalue weighted by molar-refractivity contribution is -0.128. The predicted octanol–water partition coefficient (Wildman–Crippen LogP) is 4.86. The Morgan fingerprint density at radius 1 is 1.30 bits per heavy atom. The van der Waals surface area contributed by atoms with E-state index in [0.29, 0.717) is 18.9 Å². The number of carboxylic acids is 1. The molecule has 1 saturated heterocycles. The molecule has 0 saturated carbocycles. The minimum Gasteiger partial charge on any atom is -0.478 e. The van der Waals surface area contributed by atoms with E-state index in [1.807, 2.05) is 17.0 Å². The molecule has 1 amide bonds. The van der Waals surface area contributed by atoms with E-state index in [4.69, 9.17) is 5.11 Å². The van der Waals surface area contributed by atoms with E-state index in [1.54, 1.807) is 12.1 Å². The van der Waals surface area contributed by atoms with Crippen molar-refractivity contribution < 1.29 is 14.7 Å². The molecule has 1 heterocycles. The minimum atomic E-state index is -0.918. The number of nitrogens with zero attached hydrogens (tertiary/aromatic N) is 1. The minimum absolute atomic E-state index is 0.157. The summed E-state index contributed by atoms with van der Waals surface area (Å²) in [4.78, 5) is 25.1. The molecule has 0 spiro atoms. The second kappa shape index (κ2) is 10.1. The topological polar surface area (TPSA) is 57.6 Å². The lowest BCUT2D eigenvalue weighted by Crippen LogP contribution is -2.33. The summed E-state index contributed by atoms with van der Waals surface area (Å²) in [5.74, 6) is -0.00429. The Kier molecular flexibility index (Phi) is 7.83. The van der Waals surface area contributed by atoms with Crippen LogP contribution in [0.3, 0.4) is 0 Å². The summed E-state index contributed by atoms with van der Waals surface area (Å²) < 4.78 is 0. The van der Waals surface area contributed by atoms with Crippen molar-refractivity contribution in [2.45, 2.75) is 58.9 Å². The lowest BCUT2D eigenvalue weighted by Gasteiger charge is -2.22. The van der Waals surface area contributed by atoms with Gasteiger partial charge in [0, 0.05) is 13.0 Å². The molecule has 1 aromatic rings. The van der Waals surface area contributed by atoms with Gasteiger partial charge in [-0.2, -0.15) is 0 Å². The van der Waals surface area contributed by atoms with Gasteiger partial charge in [-0.05, 0) is 56.2 Å². The molecule has 27 heavy (non-hydrogen) atoms. The van der Waals surface area contributed by atoms with Gasteiger partial charge in [-0.1, -0.05) is 49.8 Å². The van der Waals surface area contributed by atoms with E-state index in [2.05, 4.69) is 39.0 Å². The normalized spacial score (nSPS) is 18.1. The summed E-state index contributed by atoms with van der Waals surface area (Å²) in [6, 6.07) is 7.05. The quantitative estimate of drug-likeness (QED) is 0.633. The zero-order valence-corrected chi connectivity index (χ0v) is 16.6. The number of carboxylic acid groups (broad SMARTS) is 1. The number of aromatic carboxylic acids is 1. The Balaban J connectivity index is 1.90. The maximum Gasteiger partial charge on any atom is 0.335 e. The van der Waals surface area contributed by atoms with E-state index < -0.39 is 5.97 Å². The van der Waals surface area contributed by atoms with Crippen molar-refractivity contribution in [3.8, 4) is 0 Å². The first-order chi connectivity index (χ1) is 12.9. The van der Waals surface area contributed by atoms with Crippen LogP contribution in [0.25, 0.3) is 0 Å². The molecule has 146 valence electrons. The maximum absolute atomic E-state index is 12.2. The predicted molar refractivity (Wildman–Crippen MR) is 109 cm³/mol. The number of hydrogen-bond acceptors (Lipinski definition) is 2. The van der Waals surface area contributed by atoms with Crippen molar-refractivity contribution in [3.63, 3.8) is 0 Å². The van der Waals surface area contributed by atoms with Gasteiger partial charge in [-0.3, -0.25) is 4.79 Å². The van der Waals surface area contributed by atoms with Gasteiger partial charge in [0.25, 0.3) is 0 Å². The highest BCUT2D eigenvalue weighted by Crippen LogP contribution is 2.21. The van der Waals surface area contributed by atoms with Crippen molar-refractivity contribution in [3.05, 3.63) is 59.2 Å². The molecule has 4 nitrogen and oxygen atoms in total. The SMILES string of the molecule is CC(=CC=C[C@H]1CCC(=O)N1CCc1ccc(C(=O)O)cc1)CCC(C)C. The van der Waals surface area contributed by atoms with E-state index in [9.17, 15) is 9.59 Å². The molecular weight excluding hydrogens is 338 g/mol. The highest BCUT2D eigenvalue weighted by atomic mass is 16.4. The van der Waals surface area contributed by atoms with Gasteiger partial charge >= 0.3 is 5.97 Å². The summed E-state index contributed by atoms with van der Waals surface area (Å²) in [6.45, 7) is 7.29. The molecule has 0 unspecified atom stereocenters. The Hall–Kier alpha value is -2.36. The highest BCUT2D eigenvalue weighted by molar-refractivity contribution is 5.87. The third kappa shape index (κ3) is 6.70. The molecular formula is C23H31NO3. The van der Waals surface area contributed by atoms with Gasteiger partial charge in [-0.25, -0.2) is 4.79 Å². The molecule has 0 radical (unpaired) electrons. The first kappa shape index (κ1) is 20.9. The van der Waals surface area contributed by atoms with Crippen molar-refractivity contribution in [2.75, 3.05) is 6.54 Å². The van der Waals surface area contributed by atoms with Crippen LogP contribution in [-0.4, -0.2) is 34.5 Å². The van der Waals surface area contributed by atoms with Crippen LogP contribution in [0.2, 0.25) is 0 Å². The summed E-state index contributed by atoms with van der Waals surface area (Å²) in [7, 11) is 0. The Morgan fingerprint density at radius 3 is 2.63 bits per heavy atom. The third-order valence-electron chi connectivity index (χ3n) is 5.05. The van der Waals surface area contributed by atoms with Crippen molar-refractivity contribution in [2.24, 2.45) is 5.92 Å². The number of likely N-dealkylation sites (tertiary alicyclic amines) is 1. The van der Waals surface area contributed by atoms with Crippen LogP contribution in [0.4, 0.5) is 0 Å². The second-order valence-electron chi connectivity index (χ2n) is 7.78. The maximum atomic E-state index is 12.2. The van der Waals surface area contributed by atoms with Crippen LogP contribution in [0.15, 0.2) is 48.1 Å². The Bertz CT molecular complexity index is 701. The number of amides is 1. The Morgan fingerprint density at radius 2 is 2.00 bits per heavy atom. The molecule has 4 heteroatoms. The second-order valence-corrected chi connectivity index (χ2v) is 7.78. The fraction of sp³-hybridized carbons (Fsp3) is 0.478. The third-order valence-corrected chi connectivity index (χ3v) is 5.05. The standard InChI is InChI=1S/C23H31NO3/c1-17(2)7-8-18(3)5-4-6-21-13-14-22(25)24(21)16-15-19-9-11-20(12-10-19)23(26)27/h4-6,9-12,17,21H,7-8,13-16H2,1-3H3,(H,26,27)/t21-/m0/s1. The molecule has 0 aromatic heterocycles. The number of hydrogen-bond donors (Lipinski definition) is 1. The number of carbonyl (C=O) groups excluding carboxylic acids is 1. The monoisotopic (exact) mass is 369 g/mol. The van der Waals surface area contributed by atoms with Crippen LogP contribution >= 0.6 is 0 Å². The van der Waals surface area contributed by atoms with Crippen LogP contribution < -0.4 is 0 Å². The van der Waals surface area contributed by atoms with E-state index in [1.165, 1.54) is 12.0 Å². The number of carbonyl (C=O) groups is 2. The van der Waals surface area contributed by atoms with Crippen LogP contribution in [0, 0.1) is 5.92 Å². The largest absolute Gasteiger partial charge is 0.478 e. The van der Waals surface area contributed by atoms with Crippen LogP contribution in [0.5, 0.6) is 0 Å². The van der Waals surface area contributed by atoms with E-state index >= 15 is 0 Å². The zero-order valence-electron chi connectivity index (χ0n) is 16.6. The van der Waals surface area contributed by atoms with Gasteiger partial charge < -0.3 is 10.0 Å². The fourth-order valence-electron chi connectivity index (χ4n) is 3.26. The van der Waals surface area contributed by atoms with E-state index in [-0.39, 0.29) is 17.5 Å². The van der Waals surface area contributed by atoms with Crippen molar-refractivity contribution >= 4 is 11.9 Å². The Labute approximate surface area is 162 Å². The molecule has 1 fully saturated rings. The molecule has 1 N–H and O–H groups in total. The zero-order chi connectivity index (χ0) is 19.8. The lowest BCUT2D eigenvalue weighted by atomic mass is 10.0. The van der Waals surface area contributed by atoms with Gasteiger partial charge in [0.15, 0.2) is 0 Å². The summed E-state index contributed by atoms with van der Waals surface area (Å²) in [5, 5.41) is 8.96.